The molecule has 4 heteroatoms. The van der Waals surface area contributed by atoms with Gasteiger partial charge in [-0.1, -0.05) is 6.08 Å². The molecule has 0 spiro atoms. The Morgan fingerprint density at radius 3 is 2.50 bits per heavy atom. The van der Waals surface area contributed by atoms with Crippen LogP contribution in [0.2, 0.25) is 0 Å². The highest BCUT2D eigenvalue weighted by molar-refractivity contribution is 5.74. The van der Waals surface area contributed by atoms with E-state index in [0.29, 0.717) is 12.4 Å². The van der Waals surface area contributed by atoms with Crippen molar-refractivity contribution in [3.05, 3.63) is 28.8 Å². The summed E-state index contributed by atoms with van der Waals surface area (Å²) in [6.45, 7) is 8.57. The van der Waals surface area contributed by atoms with Crippen molar-refractivity contribution < 1.29 is 0 Å². The van der Waals surface area contributed by atoms with Crippen molar-refractivity contribution >= 4 is 6.21 Å². The molecular formula is C12H18N3O-. The van der Waals surface area contributed by atoms with E-state index in [0.717, 1.165) is 10.6 Å². The summed E-state index contributed by atoms with van der Waals surface area (Å²) in [5, 5.41) is 16.6. The van der Waals surface area contributed by atoms with E-state index in [1.165, 1.54) is 0 Å². The van der Waals surface area contributed by atoms with Crippen molar-refractivity contribution in [2.45, 2.75) is 38.8 Å². The summed E-state index contributed by atoms with van der Waals surface area (Å²) >= 11 is 0. The molecule has 2 aliphatic rings. The predicted octanol–water partition coefficient (Wildman–Crippen LogP) is 1.80. The lowest BCUT2D eigenvalue weighted by atomic mass is 9.84. The number of dihydropyridines is 1. The standard InChI is InChI=1S/C12H18N3O/c1-11(2)12(3,4)15(16)10(14-11)9-6-5-7-13-8-9/h5-7,14H,8H2,1-4H3/q-1/b10-9-. The van der Waals surface area contributed by atoms with Gasteiger partial charge in [0, 0.05) is 17.3 Å². The first-order valence-corrected chi connectivity index (χ1v) is 5.51. The smallest absolute Gasteiger partial charge is 0.0966 e. The van der Waals surface area contributed by atoms with Crippen molar-refractivity contribution in [3.63, 3.8) is 0 Å². The van der Waals surface area contributed by atoms with Gasteiger partial charge in [-0.25, -0.2) is 0 Å². The average Bonchev–Trinajstić information content (AvgIpc) is 2.40. The second-order valence-electron chi connectivity index (χ2n) is 5.33. The van der Waals surface area contributed by atoms with E-state index in [4.69, 9.17) is 0 Å². The lowest BCUT2D eigenvalue weighted by Gasteiger charge is -2.44. The van der Waals surface area contributed by atoms with E-state index in [1.807, 2.05) is 39.8 Å². The summed E-state index contributed by atoms with van der Waals surface area (Å²) in [7, 11) is 0. The highest BCUT2D eigenvalue weighted by Gasteiger charge is 2.45. The molecule has 1 N–H and O–H groups in total. The van der Waals surface area contributed by atoms with E-state index in [-0.39, 0.29) is 5.54 Å². The summed E-state index contributed by atoms with van der Waals surface area (Å²) in [6.07, 6.45) is 5.56. The van der Waals surface area contributed by atoms with Crippen LogP contribution < -0.4 is 5.32 Å². The van der Waals surface area contributed by atoms with Crippen LogP contribution in [0.4, 0.5) is 0 Å². The lowest BCUT2D eigenvalue weighted by Crippen LogP contribution is -2.51. The van der Waals surface area contributed by atoms with Crippen LogP contribution in [0.25, 0.3) is 0 Å². The van der Waals surface area contributed by atoms with E-state index in [2.05, 4.69) is 10.3 Å². The van der Waals surface area contributed by atoms with Crippen molar-refractivity contribution in [1.29, 1.82) is 0 Å². The Morgan fingerprint density at radius 2 is 2.06 bits per heavy atom. The SMILES string of the molecule is CC1(C)N/C(=C2\C=CC=NC2)N([O-])C1(C)C. The minimum Gasteiger partial charge on any atom is -0.757 e. The van der Waals surface area contributed by atoms with Crippen LogP contribution in [-0.2, 0) is 0 Å². The molecule has 0 aromatic carbocycles. The van der Waals surface area contributed by atoms with Gasteiger partial charge in [-0.05, 0) is 33.8 Å². The molecule has 16 heavy (non-hydrogen) atoms. The van der Waals surface area contributed by atoms with Gasteiger partial charge in [0.25, 0.3) is 0 Å². The Labute approximate surface area is 96.3 Å². The summed E-state index contributed by atoms with van der Waals surface area (Å²) in [5.74, 6) is 0.656. The second kappa shape index (κ2) is 3.35. The molecule has 0 unspecified atom stereocenters. The van der Waals surface area contributed by atoms with Gasteiger partial charge in [0.15, 0.2) is 0 Å². The number of nitrogens with one attached hydrogen (secondary N) is 1. The van der Waals surface area contributed by atoms with Crippen molar-refractivity contribution in [1.82, 2.24) is 10.4 Å². The van der Waals surface area contributed by atoms with Crippen LogP contribution in [0, 0.1) is 5.21 Å². The maximum absolute atomic E-state index is 12.3. The zero-order valence-electron chi connectivity index (χ0n) is 10.2. The van der Waals surface area contributed by atoms with Crippen LogP contribution in [0.15, 0.2) is 28.5 Å². The summed E-state index contributed by atoms with van der Waals surface area (Å²) in [5.41, 5.74) is 0.257. The molecule has 0 aromatic rings. The molecule has 2 heterocycles. The predicted molar refractivity (Wildman–Crippen MR) is 66.0 cm³/mol. The first-order chi connectivity index (χ1) is 7.36. The van der Waals surface area contributed by atoms with E-state index < -0.39 is 5.54 Å². The van der Waals surface area contributed by atoms with Crippen molar-refractivity contribution in [2.75, 3.05) is 6.54 Å². The molecule has 0 aliphatic carbocycles. The third-order valence-corrected chi connectivity index (χ3v) is 3.73. The fourth-order valence-corrected chi connectivity index (χ4v) is 1.82. The number of hydroxylamine groups is 2. The zero-order chi connectivity index (χ0) is 12.0. The summed E-state index contributed by atoms with van der Waals surface area (Å²) in [4.78, 5) is 4.16. The Kier molecular flexibility index (Phi) is 2.35. The molecule has 0 amide bonds. The van der Waals surface area contributed by atoms with Crippen molar-refractivity contribution in [2.24, 2.45) is 4.99 Å². The maximum atomic E-state index is 12.3. The quantitative estimate of drug-likeness (QED) is 0.677. The fourth-order valence-electron chi connectivity index (χ4n) is 1.82. The van der Waals surface area contributed by atoms with Crippen LogP contribution in [-0.4, -0.2) is 28.9 Å². The van der Waals surface area contributed by atoms with E-state index in [9.17, 15) is 5.21 Å². The second-order valence-corrected chi connectivity index (χ2v) is 5.33. The average molecular weight is 220 g/mol. The third kappa shape index (κ3) is 1.45. The van der Waals surface area contributed by atoms with Gasteiger partial charge in [0.05, 0.1) is 17.9 Å². The number of rotatable bonds is 0. The molecule has 2 aliphatic heterocycles. The zero-order valence-corrected chi connectivity index (χ0v) is 10.2. The van der Waals surface area contributed by atoms with E-state index in [1.54, 1.807) is 6.21 Å². The van der Waals surface area contributed by atoms with Gasteiger partial charge < -0.3 is 15.6 Å². The van der Waals surface area contributed by atoms with Crippen molar-refractivity contribution in [3.8, 4) is 0 Å². The molecule has 0 radical (unpaired) electrons. The Morgan fingerprint density at radius 1 is 1.38 bits per heavy atom. The third-order valence-electron chi connectivity index (χ3n) is 3.73. The van der Waals surface area contributed by atoms with Gasteiger partial charge in [0.1, 0.15) is 0 Å². The summed E-state index contributed by atoms with van der Waals surface area (Å²) in [6, 6.07) is 0. The Balaban J connectivity index is 2.41. The van der Waals surface area contributed by atoms with Crippen LogP contribution >= 0.6 is 0 Å². The molecule has 0 aromatic heterocycles. The number of nitrogens with zero attached hydrogens (tertiary/aromatic N) is 2. The molecule has 2 rings (SSSR count). The van der Waals surface area contributed by atoms with Gasteiger partial charge in [-0.3, -0.25) is 4.99 Å². The minimum absolute atomic E-state index is 0.244. The lowest BCUT2D eigenvalue weighted by molar-refractivity contribution is 0.195. The fraction of sp³-hybridized carbons (Fsp3) is 0.583. The number of hydrogen-bond acceptors (Lipinski definition) is 4. The molecule has 1 fully saturated rings. The van der Waals surface area contributed by atoms with Gasteiger partial charge in [0.2, 0.25) is 0 Å². The van der Waals surface area contributed by atoms with Crippen LogP contribution in [0.1, 0.15) is 27.7 Å². The van der Waals surface area contributed by atoms with Crippen LogP contribution in [0.5, 0.6) is 0 Å². The molecule has 88 valence electrons. The Hall–Kier alpha value is -1.29. The van der Waals surface area contributed by atoms with Gasteiger partial charge in [-0.2, -0.15) is 0 Å². The molecule has 4 nitrogen and oxygen atoms in total. The number of hydrogen-bond donors (Lipinski definition) is 1. The first-order valence-electron chi connectivity index (χ1n) is 5.51. The number of allylic oxidation sites excluding steroid dienone is 1. The molecule has 0 saturated carbocycles. The van der Waals surface area contributed by atoms with Gasteiger partial charge in [-0.15, -0.1) is 0 Å². The highest BCUT2D eigenvalue weighted by Crippen LogP contribution is 2.38. The Bertz CT molecular complexity index is 391. The molecule has 1 saturated heterocycles. The molecule has 0 atom stereocenters. The first kappa shape index (κ1) is 11.2. The monoisotopic (exact) mass is 220 g/mol. The van der Waals surface area contributed by atoms with Gasteiger partial charge >= 0.3 is 0 Å². The van der Waals surface area contributed by atoms with Crippen LogP contribution in [0.3, 0.4) is 0 Å². The molecular weight excluding hydrogens is 202 g/mol. The molecule has 0 bridgehead atoms. The largest absolute Gasteiger partial charge is 0.757 e. The topological polar surface area (TPSA) is 50.7 Å². The maximum Gasteiger partial charge on any atom is 0.0966 e. The van der Waals surface area contributed by atoms with E-state index >= 15 is 0 Å². The number of aliphatic imine (C=N–C) groups is 1. The normalized spacial score (nSPS) is 30.7. The minimum atomic E-state index is -0.454. The highest BCUT2D eigenvalue weighted by atomic mass is 16.5. The summed E-state index contributed by atoms with van der Waals surface area (Å²) < 4.78 is 0.